The monoisotopic (exact) mass is 323 g/mol. The van der Waals surface area contributed by atoms with Gasteiger partial charge in [0.2, 0.25) is 5.91 Å². The highest BCUT2D eigenvalue weighted by Crippen LogP contribution is 2.31. The normalized spacial score (nSPS) is 11.5. The third-order valence-electron chi connectivity index (χ3n) is 3.74. The number of amides is 1. The summed E-state index contributed by atoms with van der Waals surface area (Å²) >= 11 is 0. The topological polar surface area (TPSA) is 90.2 Å². The number of ether oxygens (including phenoxy) is 2. The molecule has 0 saturated carbocycles. The van der Waals surface area contributed by atoms with Gasteiger partial charge in [0.15, 0.2) is 11.5 Å². The molecule has 2 heterocycles. The minimum absolute atomic E-state index is 0.376. The lowest BCUT2D eigenvalue weighted by Gasteiger charge is -2.10. The number of aromatic nitrogens is 2. The van der Waals surface area contributed by atoms with E-state index in [0.29, 0.717) is 22.6 Å². The Balaban J connectivity index is 2.12. The zero-order valence-electron chi connectivity index (χ0n) is 13.4. The lowest BCUT2D eigenvalue weighted by Crippen LogP contribution is -2.13. The van der Waals surface area contributed by atoms with Gasteiger partial charge >= 0.3 is 0 Å². The number of nitrogens with zero attached hydrogens (tertiary/aromatic N) is 1. The van der Waals surface area contributed by atoms with Gasteiger partial charge < -0.3 is 20.2 Å². The SMILES string of the molecule is COc1ccc(/C(=C/c2c[nH]c3ncccc23)C(N)=O)cc1OC. The maximum atomic E-state index is 12.0. The van der Waals surface area contributed by atoms with Gasteiger partial charge in [-0.25, -0.2) is 4.98 Å². The first-order valence-corrected chi connectivity index (χ1v) is 7.30. The number of aromatic amines is 1. The van der Waals surface area contributed by atoms with Crippen molar-refractivity contribution in [1.82, 2.24) is 9.97 Å². The van der Waals surface area contributed by atoms with Crippen molar-refractivity contribution in [3.63, 3.8) is 0 Å². The van der Waals surface area contributed by atoms with Gasteiger partial charge in [-0.05, 0) is 35.9 Å². The first-order valence-electron chi connectivity index (χ1n) is 7.30. The maximum absolute atomic E-state index is 12.0. The predicted octanol–water partition coefficient (Wildman–Crippen LogP) is 2.61. The molecule has 0 bridgehead atoms. The number of hydrogen-bond acceptors (Lipinski definition) is 4. The zero-order valence-corrected chi connectivity index (χ0v) is 13.4. The number of methoxy groups -OCH3 is 2. The molecule has 0 aliphatic rings. The van der Waals surface area contributed by atoms with Gasteiger partial charge in [-0.3, -0.25) is 4.79 Å². The zero-order chi connectivity index (χ0) is 17.1. The van der Waals surface area contributed by atoms with Gasteiger partial charge in [0, 0.05) is 28.9 Å². The molecule has 0 unspecified atom stereocenters. The van der Waals surface area contributed by atoms with Gasteiger partial charge in [-0.1, -0.05) is 6.07 Å². The van der Waals surface area contributed by atoms with Crippen LogP contribution < -0.4 is 15.2 Å². The summed E-state index contributed by atoms with van der Waals surface area (Å²) in [6.45, 7) is 0. The van der Waals surface area contributed by atoms with Gasteiger partial charge in [0.1, 0.15) is 5.65 Å². The fraction of sp³-hybridized carbons (Fsp3) is 0.111. The van der Waals surface area contributed by atoms with Crippen LogP contribution in [0.2, 0.25) is 0 Å². The van der Waals surface area contributed by atoms with Crippen molar-refractivity contribution in [2.45, 2.75) is 0 Å². The third-order valence-corrected chi connectivity index (χ3v) is 3.74. The van der Waals surface area contributed by atoms with Gasteiger partial charge in [-0.2, -0.15) is 0 Å². The second kappa shape index (κ2) is 6.45. The largest absolute Gasteiger partial charge is 0.493 e. The fourth-order valence-electron chi connectivity index (χ4n) is 2.55. The molecule has 1 amide bonds. The number of rotatable bonds is 5. The molecular formula is C18H17N3O3. The first kappa shape index (κ1) is 15.6. The van der Waals surface area contributed by atoms with Crippen LogP contribution in [0.3, 0.4) is 0 Å². The summed E-state index contributed by atoms with van der Waals surface area (Å²) < 4.78 is 10.5. The molecule has 3 rings (SSSR count). The van der Waals surface area contributed by atoms with E-state index >= 15 is 0 Å². The van der Waals surface area contributed by atoms with Gasteiger partial charge in [0.05, 0.1) is 14.2 Å². The van der Waals surface area contributed by atoms with Crippen molar-refractivity contribution in [2.24, 2.45) is 5.73 Å². The number of pyridine rings is 1. The molecule has 0 atom stereocenters. The maximum Gasteiger partial charge on any atom is 0.249 e. The van der Waals surface area contributed by atoms with Crippen molar-refractivity contribution in [3.05, 3.63) is 53.9 Å². The summed E-state index contributed by atoms with van der Waals surface area (Å²) in [6, 6.07) is 9.00. The Morgan fingerprint density at radius 1 is 1.21 bits per heavy atom. The highest BCUT2D eigenvalue weighted by molar-refractivity contribution is 6.24. The van der Waals surface area contributed by atoms with Crippen LogP contribution >= 0.6 is 0 Å². The average Bonchev–Trinajstić information content (AvgIpc) is 3.02. The van der Waals surface area contributed by atoms with Crippen LogP contribution in [0.25, 0.3) is 22.7 Å². The predicted molar refractivity (Wildman–Crippen MR) is 92.7 cm³/mol. The number of carbonyl (C=O) groups excluding carboxylic acids is 1. The molecule has 24 heavy (non-hydrogen) atoms. The number of carbonyl (C=O) groups is 1. The first-order chi connectivity index (χ1) is 11.6. The van der Waals surface area contributed by atoms with E-state index < -0.39 is 5.91 Å². The molecule has 6 nitrogen and oxygen atoms in total. The summed E-state index contributed by atoms with van der Waals surface area (Å²) in [6.07, 6.45) is 5.24. The van der Waals surface area contributed by atoms with Gasteiger partial charge in [0.25, 0.3) is 0 Å². The molecule has 0 spiro atoms. The molecule has 3 aromatic rings. The van der Waals surface area contributed by atoms with Crippen molar-refractivity contribution < 1.29 is 14.3 Å². The van der Waals surface area contributed by atoms with Crippen LogP contribution in [0.5, 0.6) is 11.5 Å². The van der Waals surface area contributed by atoms with Crippen molar-refractivity contribution in [3.8, 4) is 11.5 Å². The minimum Gasteiger partial charge on any atom is -0.493 e. The van der Waals surface area contributed by atoms with Crippen molar-refractivity contribution in [1.29, 1.82) is 0 Å². The summed E-state index contributed by atoms with van der Waals surface area (Å²) in [4.78, 5) is 19.3. The van der Waals surface area contributed by atoms with E-state index in [4.69, 9.17) is 15.2 Å². The number of benzene rings is 1. The lowest BCUT2D eigenvalue weighted by atomic mass is 10.0. The average molecular weight is 323 g/mol. The Hall–Kier alpha value is -3.28. The van der Waals surface area contributed by atoms with Crippen LogP contribution in [-0.4, -0.2) is 30.1 Å². The fourth-order valence-corrected chi connectivity index (χ4v) is 2.55. The van der Waals surface area contributed by atoms with E-state index in [-0.39, 0.29) is 0 Å². The quantitative estimate of drug-likeness (QED) is 0.706. The summed E-state index contributed by atoms with van der Waals surface area (Å²) in [5.74, 6) is 0.588. The summed E-state index contributed by atoms with van der Waals surface area (Å²) in [5.41, 5.74) is 8.20. The molecule has 1 aromatic carbocycles. The molecule has 0 aliphatic heterocycles. The van der Waals surface area contributed by atoms with E-state index in [0.717, 1.165) is 16.6 Å². The standard InChI is InChI=1S/C18H17N3O3/c1-23-15-6-5-11(9-16(15)24-2)14(17(19)22)8-12-10-21-18-13(12)4-3-7-20-18/h3-10H,1-2H3,(H2,19,22)(H,20,21)/b14-8-. The van der Waals surface area contributed by atoms with Crippen molar-refractivity contribution in [2.75, 3.05) is 14.2 Å². The smallest absolute Gasteiger partial charge is 0.249 e. The Labute approximate surface area is 138 Å². The number of nitrogens with two attached hydrogens (primary N) is 1. The Kier molecular flexibility index (Phi) is 4.20. The Morgan fingerprint density at radius 3 is 2.71 bits per heavy atom. The molecule has 2 aromatic heterocycles. The molecule has 0 saturated heterocycles. The molecule has 0 aliphatic carbocycles. The summed E-state index contributed by atoms with van der Waals surface area (Å²) in [5, 5.41) is 0.914. The Bertz CT molecular complexity index is 928. The molecular weight excluding hydrogens is 306 g/mol. The van der Waals surface area contributed by atoms with Gasteiger partial charge in [-0.15, -0.1) is 0 Å². The number of H-pyrrole nitrogens is 1. The Morgan fingerprint density at radius 2 is 2.00 bits per heavy atom. The molecule has 0 radical (unpaired) electrons. The van der Waals surface area contributed by atoms with Crippen LogP contribution in [0.15, 0.2) is 42.7 Å². The lowest BCUT2D eigenvalue weighted by molar-refractivity contribution is -0.112. The number of hydrogen-bond donors (Lipinski definition) is 2. The van der Waals surface area contributed by atoms with Crippen LogP contribution in [0, 0.1) is 0 Å². The molecule has 0 fully saturated rings. The highest BCUT2D eigenvalue weighted by atomic mass is 16.5. The van der Waals surface area contributed by atoms with E-state index in [2.05, 4.69) is 9.97 Å². The molecule has 122 valence electrons. The number of nitrogens with one attached hydrogen (secondary N) is 1. The highest BCUT2D eigenvalue weighted by Gasteiger charge is 2.13. The molecule has 3 N–H and O–H groups in total. The minimum atomic E-state index is -0.527. The second-order valence-electron chi connectivity index (χ2n) is 5.14. The van der Waals surface area contributed by atoms with Crippen molar-refractivity contribution >= 4 is 28.6 Å². The summed E-state index contributed by atoms with van der Waals surface area (Å²) in [7, 11) is 3.10. The van der Waals surface area contributed by atoms with Crippen LogP contribution in [-0.2, 0) is 4.79 Å². The second-order valence-corrected chi connectivity index (χ2v) is 5.14. The van der Waals surface area contributed by atoms with E-state index in [9.17, 15) is 4.79 Å². The van der Waals surface area contributed by atoms with Crippen LogP contribution in [0.4, 0.5) is 0 Å². The van der Waals surface area contributed by atoms with E-state index in [1.807, 2.05) is 12.1 Å². The third kappa shape index (κ3) is 2.81. The molecule has 6 heteroatoms. The van der Waals surface area contributed by atoms with E-state index in [1.165, 1.54) is 0 Å². The number of fused-ring (bicyclic) bond motifs is 1. The van der Waals surface area contributed by atoms with Crippen LogP contribution in [0.1, 0.15) is 11.1 Å². The van der Waals surface area contributed by atoms with E-state index in [1.54, 1.807) is 50.9 Å². The number of primary amides is 1.